The third-order valence-corrected chi connectivity index (χ3v) is 5.93. The third-order valence-electron chi connectivity index (χ3n) is 5.93. The Balaban J connectivity index is 1.46. The number of carbonyl (C=O) groups excluding carboxylic acids is 1. The molecule has 1 aliphatic heterocycles. The lowest BCUT2D eigenvalue weighted by atomic mass is 10.1. The second-order valence-electron chi connectivity index (χ2n) is 8.00. The number of anilines is 1. The number of pyridine rings is 3. The van der Waals surface area contributed by atoms with Crippen LogP contribution in [0.15, 0.2) is 41.5 Å². The smallest absolute Gasteiger partial charge is 0.269 e. The Bertz CT molecular complexity index is 1160. The molecule has 9 nitrogen and oxygen atoms in total. The van der Waals surface area contributed by atoms with Crippen LogP contribution in [0.5, 0.6) is 0 Å². The number of carbonyl (C=O) groups is 1. The summed E-state index contributed by atoms with van der Waals surface area (Å²) in [5, 5.41) is 12.6. The lowest BCUT2D eigenvalue weighted by Crippen LogP contribution is -2.54. The summed E-state index contributed by atoms with van der Waals surface area (Å²) in [5.41, 5.74) is 4.46. The Hall–Kier alpha value is -3.30. The zero-order valence-corrected chi connectivity index (χ0v) is 18.3. The van der Waals surface area contributed by atoms with Crippen LogP contribution in [-0.4, -0.2) is 70.2 Å². The minimum atomic E-state index is -0.226. The van der Waals surface area contributed by atoms with Gasteiger partial charge >= 0.3 is 0 Å². The van der Waals surface area contributed by atoms with Gasteiger partial charge in [0.25, 0.3) is 11.5 Å². The molecular formula is C23H28N6O3. The fraction of sp³-hybridized carbons (Fsp3) is 0.391. The summed E-state index contributed by atoms with van der Waals surface area (Å²) in [7, 11) is 1.57. The van der Waals surface area contributed by atoms with Gasteiger partial charge in [0.15, 0.2) is 0 Å². The number of aliphatic hydroxyl groups excluding tert-OH is 1. The predicted octanol–water partition coefficient (Wildman–Crippen LogP) is 0.923. The molecule has 1 aliphatic rings. The maximum atomic E-state index is 12.1. The van der Waals surface area contributed by atoms with Crippen LogP contribution < -0.4 is 15.8 Å². The Morgan fingerprint density at radius 3 is 2.78 bits per heavy atom. The molecule has 0 aliphatic carbocycles. The van der Waals surface area contributed by atoms with Gasteiger partial charge in [-0.15, -0.1) is 0 Å². The zero-order chi connectivity index (χ0) is 22.7. The summed E-state index contributed by atoms with van der Waals surface area (Å²) < 4.78 is 0. The van der Waals surface area contributed by atoms with Crippen LogP contribution in [0.3, 0.4) is 0 Å². The van der Waals surface area contributed by atoms with Gasteiger partial charge in [-0.05, 0) is 36.2 Å². The van der Waals surface area contributed by atoms with E-state index in [0.29, 0.717) is 25.2 Å². The van der Waals surface area contributed by atoms with E-state index in [-0.39, 0.29) is 24.1 Å². The molecule has 1 fully saturated rings. The van der Waals surface area contributed by atoms with Crippen molar-refractivity contribution in [3.05, 3.63) is 63.8 Å². The number of hydrogen-bond acceptors (Lipinski definition) is 7. The molecule has 3 aromatic rings. The largest absolute Gasteiger partial charge is 0.394 e. The average Bonchev–Trinajstić information content (AvgIpc) is 2.83. The quantitative estimate of drug-likeness (QED) is 0.526. The van der Waals surface area contributed by atoms with Crippen LogP contribution in [-0.2, 0) is 13.0 Å². The number of piperazine rings is 1. The first-order valence-corrected chi connectivity index (χ1v) is 10.8. The van der Waals surface area contributed by atoms with Gasteiger partial charge in [-0.2, -0.15) is 0 Å². The Morgan fingerprint density at radius 2 is 2.09 bits per heavy atom. The molecule has 0 saturated carbocycles. The number of aromatic nitrogens is 3. The van der Waals surface area contributed by atoms with E-state index < -0.39 is 0 Å². The molecule has 1 saturated heterocycles. The van der Waals surface area contributed by atoms with Gasteiger partial charge < -0.3 is 20.3 Å². The summed E-state index contributed by atoms with van der Waals surface area (Å²) in [5.74, 6) is -0.226. The molecule has 0 aromatic carbocycles. The normalized spacial score (nSPS) is 17.0. The van der Waals surface area contributed by atoms with Crippen molar-refractivity contribution in [1.29, 1.82) is 0 Å². The first kappa shape index (κ1) is 21.9. The maximum Gasteiger partial charge on any atom is 0.269 e. The molecular weight excluding hydrogens is 408 g/mol. The summed E-state index contributed by atoms with van der Waals surface area (Å²) in [4.78, 5) is 39.9. The number of aliphatic hydroxyl groups is 1. The number of hydrogen-bond donors (Lipinski definition) is 3. The van der Waals surface area contributed by atoms with Gasteiger partial charge in [-0.3, -0.25) is 19.5 Å². The molecule has 32 heavy (non-hydrogen) atoms. The number of fused-ring (bicyclic) bond motifs is 1. The molecule has 9 heteroatoms. The van der Waals surface area contributed by atoms with Crippen molar-refractivity contribution < 1.29 is 9.90 Å². The molecule has 4 rings (SSSR count). The van der Waals surface area contributed by atoms with Crippen LogP contribution in [0.1, 0.15) is 28.5 Å². The Kier molecular flexibility index (Phi) is 6.48. The number of rotatable bonds is 6. The fourth-order valence-electron chi connectivity index (χ4n) is 4.15. The Morgan fingerprint density at radius 1 is 1.25 bits per heavy atom. The van der Waals surface area contributed by atoms with Gasteiger partial charge in [-0.1, -0.05) is 6.92 Å². The van der Waals surface area contributed by atoms with Crippen LogP contribution >= 0.6 is 0 Å². The first-order chi connectivity index (χ1) is 15.5. The van der Waals surface area contributed by atoms with Crippen LogP contribution in [0, 0.1) is 0 Å². The van der Waals surface area contributed by atoms with E-state index >= 15 is 0 Å². The second kappa shape index (κ2) is 9.46. The van der Waals surface area contributed by atoms with Crippen LogP contribution in [0.4, 0.5) is 5.69 Å². The topological polar surface area (TPSA) is 114 Å². The minimum Gasteiger partial charge on any atom is -0.394 e. The van der Waals surface area contributed by atoms with E-state index in [1.807, 2.05) is 31.3 Å². The standard InChI is InChI=1S/C23H28N6O3/c1-3-16-9-20-21(27-22(16)31)8-15(10-25-20)12-28-6-7-29(18(13-28)14-30)17-4-5-19(26-11-17)23(32)24-2/h4-5,8-11,18,30H,3,6-7,12-14H2,1-2H3,(H,24,32)(H,27,31)/t18-/m1/s1. The van der Waals surface area contributed by atoms with E-state index in [0.717, 1.165) is 40.9 Å². The molecule has 168 valence electrons. The number of H-pyrrole nitrogens is 1. The van der Waals surface area contributed by atoms with Gasteiger partial charge in [0.2, 0.25) is 0 Å². The summed E-state index contributed by atoms with van der Waals surface area (Å²) in [6.45, 7) is 4.85. The molecule has 1 amide bonds. The van der Waals surface area contributed by atoms with Gasteiger partial charge in [-0.25, -0.2) is 4.98 Å². The molecule has 0 radical (unpaired) electrons. The van der Waals surface area contributed by atoms with Gasteiger partial charge in [0, 0.05) is 45.0 Å². The molecule has 4 heterocycles. The Labute approximate surface area is 186 Å². The molecule has 3 N–H and O–H groups in total. The molecule has 0 bridgehead atoms. The lowest BCUT2D eigenvalue weighted by Gasteiger charge is -2.42. The highest BCUT2D eigenvalue weighted by Crippen LogP contribution is 2.22. The number of aryl methyl sites for hydroxylation is 1. The number of nitrogens with zero attached hydrogens (tertiary/aromatic N) is 4. The first-order valence-electron chi connectivity index (χ1n) is 10.8. The lowest BCUT2D eigenvalue weighted by molar-refractivity contribution is 0.0958. The van der Waals surface area contributed by atoms with Crippen molar-refractivity contribution in [3.8, 4) is 0 Å². The maximum absolute atomic E-state index is 12.1. The number of aromatic amines is 1. The van der Waals surface area contributed by atoms with E-state index in [4.69, 9.17) is 0 Å². The fourth-order valence-corrected chi connectivity index (χ4v) is 4.15. The van der Waals surface area contributed by atoms with Crippen molar-refractivity contribution in [2.24, 2.45) is 0 Å². The van der Waals surface area contributed by atoms with Crippen molar-refractivity contribution in [2.75, 3.05) is 38.2 Å². The number of amides is 1. The highest BCUT2D eigenvalue weighted by molar-refractivity contribution is 5.92. The highest BCUT2D eigenvalue weighted by Gasteiger charge is 2.27. The van der Waals surface area contributed by atoms with Gasteiger partial charge in [0.1, 0.15) is 5.69 Å². The average molecular weight is 437 g/mol. The predicted molar refractivity (Wildman–Crippen MR) is 123 cm³/mol. The molecule has 1 atom stereocenters. The van der Waals surface area contributed by atoms with Crippen molar-refractivity contribution in [3.63, 3.8) is 0 Å². The third kappa shape index (κ3) is 4.49. The molecule has 3 aromatic heterocycles. The highest BCUT2D eigenvalue weighted by atomic mass is 16.3. The van der Waals surface area contributed by atoms with Crippen LogP contribution in [0.25, 0.3) is 11.0 Å². The summed E-state index contributed by atoms with van der Waals surface area (Å²) in [6, 6.07) is 7.30. The SMILES string of the molecule is CCc1cc2ncc(CN3CCN(c4ccc(C(=O)NC)nc4)[C@@H](CO)C3)cc2[nH]c1=O. The van der Waals surface area contributed by atoms with E-state index in [1.165, 1.54) is 0 Å². The van der Waals surface area contributed by atoms with Crippen LogP contribution in [0.2, 0.25) is 0 Å². The second-order valence-corrected chi connectivity index (χ2v) is 8.00. The van der Waals surface area contributed by atoms with E-state index in [2.05, 4.69) is 30.1 Å². The summed E-state index contributed by atoms with van der Waals surface area (Å²) in [6.07, 6.45) is 4.20. The summed E-state index contributed by atoms with van der Waals surface area (Å²) >= 11 is 0. The monoisotopic (exact) mass is 436 g/mol. The van der Waals surface area contributed by atoms with Crippen molar-refractivity contribution >= 4 is 22.6 Å². The van der Waals surface area contributed by atoms with Gasteiger partial charge in [0.05, 0.1) is 35.6 Å². The van der Waals surface area contributed by atoms with E-state index in [1.54, 1.807) is 19.3 Å². The van der Waals surface area contributed by atoms with Crippen molar-refractivity contribution in [1.82, 2.24) is 25.2 Å². The minimum absolute atomic E-state index is 0.0107. The van der Waals surface area contributed by atoms with Crippen molar-refractivity contribution in [2.45, 2.75) is 25.9 Å². The number of nitrogens with one attached hydrogen (secondary N) is 2. The van der Waals surface area contributed by atoms with E-state index in [9.17, 15) is 14.7 Å². The molecule has 0 spiro atoms. The molecule has 0 unspecified atom stereocenters. The zero-order valence-electron chi connectivity index (χ0n) is 18.3.